The summed E-state index contributed by atoms with van der Waals surface area (Å²) in [5.41, 5.74) is 0.650. The normalized spacial score (nSPS) is 26.2. The highest BCUT2D eigenvalue weighted by Gasteiger charge is 2.56. The Kier molecular flexibility index (Phi) is 19.3. The number of benzene rings is 1. The topological polar surface area (TPSA) is 291 Å². The van der Waals surface area contributed by atoms with Crippen molar-refractivity contribution in [2.24, 2.45) is 0 Å². The number of carbonyl (C=O) groups is 9. The number of alkyl carbamates (subject to hydrolysis) is 1. The smallest absolute Gasteiger partial charge is 0.408 e. The lowest BCUT2D eigenvalue weighted by molar-refractivity contribution is -0.334. The van der Waals surface area contributed by atoms with E-state index in [0.717, 1.165) is 55.6 Å². The van der Waals surface area contributed by atoms with Gasteiger partial charge in [-0.1, -0.05) is 30.3 Å². The molecule has 1 aromatic carbocycles. The predicted molar refractivity (Wildman–Crippen MR) is 199 cm³/mol. The molecule has 2 aliphatic heterocycles. The van der Waals surface area contributed by atoms with Crippen LogP contribution in [0.4, 0.5) is 4.79 Å². The molecule has 0 bridgehead atoms. The number of amides is 3. The lowest BCUT2D eigenvalue weighted by Gasteiger charge is -2.49. The van der Waals surface area contributed by atoms with E-state index in [1.165, 1.54) is 0 Å². The fraction of sp³-hybridized carbons (Fsp3) is 0.605. The van der Waals surface area contributed by atoms with Gasteiger partial charge >= 0.3 is 41.9 Å². The van der Waals surface area contributed by atoms with Crippen molar-refractivity contribution in [1.29, 1.82) is 0 Å². The van der Waals surface area contributed by atoms with Gasteiger partial charge in [-0.3, -0.25) is 33.6 Å². The molecule has 11 atom stereocenters. The molecule has 2 heterocycles. The number of nitrogens with one attached hydrogen (secondary N) is 3. The second-order valence-electron chi connectivity index (χ2n) is 13.6. The lowest BCUT2D eigenvalue weighted by Crippen LogP contribution is -2.70. The predicted octanol–water partition coefficient (Wildman–Crippen LogP) is -0.763. The van der Waals surface area contributed by atoms with E-state index >= 15 is 0 Å². The first-order valence-electron chi connectivity index (χ1n) is 18.7. The van der Waals surface area contributed by atoms with Crippen LogP contribution in [0.2, 0.25) is 0 Å². The van der Waals surface area contributed by atoms with Crippen molar-refractivity contribution in [2.45, 2.75) is 122 Å². The summed E-state index contributed by atoms with van der Waals surface area (Å²) in [6.07, 6.45) is -13.8. The second-order valence-corrected chi connectivity index (χ2v) is 13.6. The van der Waals surface area contributed by atoms with E-state index in [9.17, 15) is 43.2 Å². The quantitative estimate of drug-likeness (QED) is 0.121. The Morgan fingerprint density at radius 2 is 1.08 bits per heavy atom. The molecule has 2 fully saturated rings. The van der Waals surface area contributed by atoms with Crippen LogP contribution in [0.15, 0.2) is 30.3 Å². The highest BCUT2D eigenvalue weighted by atomic mass is 16.7. The van der Waals surface area contributed by atoms with Gasteiger partial charge in [0, 0.05) is 48.5 Å². The monoisotopic (exact) mass is 869 g/mol. The largest absolute Gasteiger partial charge is 0.467 e. The fourth-order valence-corrected chi connectivity index (χ4v) is 6.23. The number of methoxy groups -OCH3 is 1. The highest BCUT2D eigenvalue weighted by Crippen LogP contribution is 2.34. The molecule has 2 saturated heterocycles. The summed E-state index contributed by atoms with van der Waals surface area (Å²) in [7, 11) is 1.05. The van der Waals surface area contributed by atoms with Gasteiger partial charge < -0.3 is 68.1 Å². The molecule has 2 aliphatic rings. The first-order valence-corrected chi connectivity index (χ1v) is 18.7. The van der Waals surface area contributed by atoms with Crippen LogP contribution in [0, 0.1) is 0 Å². The standard InChI is InChI=1S/C38H51N3O20/c1-18(42)39-29-33(57-23(6)47)32(61-37-30(40-19(2)43)34(58-24(7)48)31(56-22(5)46)27(60-37)16-52-20(3)44)28(17-53-21(4)45)59-36(29)54-15-26(35(49)51-8)41-38(50)55-14-25-12-10-9-11-13-25/h9-13,26-34,36-37H,14-17H2,1-8H3,(H,39,42)(H,40,43)(H,41,50). The zero-order chi connectivity index (χ0) is 45.4. The van der Waals surface area contributed by atoms with E-state index in [1.54, 1.807) is 30.3 Å². The Morgan fingerprint density at radius 1 is 0.607 bits per heavy atom. The van der Waals surface area contributed by atoms with Gasteiger partial charge in [0.1, 0.15) is 50.2 Å². The van der Waals surface area contributed by atoms with E-state index in [2.05, 4.69) is 16.0 Å². The van der Waals surface area contributed by atoms with Crippen LogP contribution in [0.5, 0.6) is 0 Å². The first-order chi connectivity index (χ1) is 28.8. The zero-order valence-corrected chi connectivity index (χ0v) is 34.7. The van der Waals surface area contributed by atoms with Crippen LogP contribution in [-0.4, -0.2) is 148 Å². The Morgan fingerprint density at radius 3 is 1.57 bits per heavy atom. The molecule has 338 valence electrons. The van der Waals surface area contributed by atoms with Gasteiger partial charge in [-0.2, -0.15) is 0 Å². The number of rotatable bonds is 18. The van der Waals surface area contributed by atoms with Gasteiger partial charge in [0.05, 0.1) is 13.7 Å². The van der Waals surface area contributed by atoms with E-state index in [-0.39, 0.29) is 6.61 Å². The summed E-state index contributed by atoms with van der Waals surface area (Å²) in [6.45, 7) is 5.42. The average molecular weight is 870 g/mol. The van der Waals surface area contributed by atoms with Gasteiger partial charge in [-0.05, 0) is 5.56 Å². The minimum Gasteiger partial charge on any atom is -0.467 e. The number of ether oxygens (including phenoxy) is 11. The molecule has 23 heteroatoms. The maximum Gasteiger partial charge on any atom is 0.408 e. The Bertz CT molecular complexity index is 1730. The molecule has 0 aliphatic carbocycles. The molecular formula is C38H51N3O20. The van der Waals surface area contributed by atoms with Gasteiger partial charge in [0.25, 0.3) is 0 Å². The third-order valence-corrected chi connectivity index (χ3v) is 8.55. The highest BCUT2D eigenvalue weighted by molar-refractivity contribution is 5.81. The molecule has 3 N–H and O–H groups in total. The average Bonchev–Trinajstić information content (AvgIpc) is 3.17. The van der Waals surface area contributed by atoms with Crippen LogP contribution in [0.1, 0.15) is 54.0 Å². The summed E-state index contributed by atoms with van der Waals surface area (Å²) >= 11 is 0. The lowest BCUT2D eigenvalue weighted by atomic mass is 9.94. The summed E-state index contributed by atoms with van der Waals surface area (Å²) in [5, 5.41) is 7.43. The van der Waals surface area contributed by atoms with Crippen LogP contribution in [0.25, 0.3) is 0 Å². The minimum absolute atomic E-state index is 0.148. The van der Waals surface area contributed by atoms with Crippen molar-refractivity contribution in [3.8, 4) is 0 Å². The van der Waals surface area contributed by atoms with Crippen molar-refractivity contribution in [1.82, 2.24) is 16.0 Å². The molecule has 3 amide bonds. The van der Waals surface area contributed by atoms with Crippen LogP contribution in [0.3, 0.4) is 0 Å². The fourth-order valence-electron chi connectivity index (χ4n) is 6.23. The molecule has 3 rings (SSSR count). The van der Waals surface area contributed by atoms with Crippen LogP contribution >= 0.6 is 0 Å². The summed E-state index contributed by atoms with van der Waals surface area (Å²) in [6, 6.07) is 4.09. The molecule has 11 unspecified atom stereocenters. The molecule has 0 aromatic heterocycles. The molecular weight excluding hydrogens is 818 g/mol. The number of hydrogen-bond donors (Lipinski definition) is 3. The van der Waals surface area contributed by atoms with Crippen molar-refractivity contribution in [3.63, 3.8) is 0 Å². The summed E-state index contributed by atoms with van der Waals surface area (Å²) in [5.74, 6) is -6.68. The van der Waals surface area contributed by atoms with E-state index in [0.29, 0.717) is 5.56 Å². The maximum absolute atomic E-state index is 12.8. The van der Waals surface area contributed by atoms with E-state index < -0.39 is 141 Å². The van der Waals surface area contributed by atoms with Gasteiger partial charge in [0.15, 0.2) is 36.9 Å². The van der Waals surface area contributed by atoms with E-state index in [4.69, 9.17) is 52.1 Å². The molecule has 23 nitrogen and oxygen atoms in total. The number of esters is 6. The van der Waals surface area contributed by atoms with Crippen LogP contribution in [-0.2, 0) is 97.1 Å². The maximum atomic E-state index is 12.8. The minimum atomic E-state index is -1.77. The molecule has 1 aromatic rings. The van der Waals surface area contributed by atoms with Crippen molar-refractivity contribution in [3.05, 3.63) is 35.9 Å². The number of hydrogen-bond acceptors (Lipinski definition) is 20. The van der Waals surface area contributed by atoms with Gasteiger partial charge in [-0.25, -0.2) is 9.59 Å². The summed E-state index contributed by atoms with van der Waals surface area (Å²) < 4.78 is 61.8. The second kappa shape index (κ2) is 23.8. The van der Waals surface area contributed by atoms with Gasteiger partial charge in [-0.15, -0.1) is 0 Å². The third-order valence-electron chi connectivity index (χ3n) is 8.55. The summed E-state index contributed by atoms with van der Waals surface area (Å²) in [4.78, 5) is 112. The zero-order valence-electron chi connectivity index (χ0n) is 34.7. The Hall–Kier alpha value is -5.91. The van der Waals surface area contributed by atoms with Crippen LogP contribution < -0.4 is 16.0 Å². The van der Waals surface area contributed by atoms with Crippen molar-refractivity contribution >= 4 is 53.7 Å². The Balaban J connectivity index is 2.07. The van der Waals surface area contributed by atoms with Crippen molar-refractivity contribution < 1.29 is 95.3 Å². The molecule has 61 heavy (non-hydrogen) atoms. The third kappa shape index (κ3) is 15.9. The van der Waals surface area contributed by atoms with E-state index in [1.807, 2.05) is 0 Å². The van der Waals surface area contributed by atoms with Crippen molar-refractivity contribution in [2.75, 3.05) is 26.9 Å². The first kappa shape index (κ1) is 49.5. The molecule has 0 spiro atoms. The van der Waals surface area contributed by atoms with Gasteiger partial charge in [0.2, 0.25) is 11.8 Å². The molecule has 0 saturated carbocycles. The number of carbonyl (C=O) groups excluding carboxylic acids is 9. The molecule has 0 radical (unpaired) electrons. The Labute approximate surface area is 349 Å². The SMILES string of the molecule is COC(=O)C(COC1OC(COC(C)=O)C(OC2OC(COC(C)=O)C(OC(C)=O)C(OC(C)=O)C2NC(C)=O)C(OC(C)=O)C1NC(C)=O)NC(=O)OCc1ccccc1.